The van der Waals surface area contributed by atoms with E-state index in [1.54, 1.807) is 6.92 Å². The third-order valence-corrected chi connectivity index (χ3v) is 7.28. The van der Waals surface area contributed by atoms with E-state index in [1.165, 1.54) is 24.5 Å². The van der Waals surface area contributed by atoms with Crippen LogP contribution in [0.4, 0.5) is 13.2 Å². The summed E-state index contributed by atoms with van der Waals surface area (Å²) < 4.78 is 47.8. The second kappa shape index (κ2) is 11.2. The highest BCUT2D eigenvalue weighted by atomic mass is 19.3. The number of nitrogens with zero attached hydrogens (tertiary/aromatic N) is 2. The topological polar surface area (TPSA) is 129 Å². The van der Waals surface area contributed by atoms with Crippen molar-refractivity contribution >= 4 is 22.8 Å². The molecule has 0 spiro atoms. The summed E-state index contributed by atoms with van der Waals surface area (Å²) in [4.78, 5) is 36.5. The molecule has 3 aromatic rings. The SMILES string of the molecule is Cc1[nH]c2c(-c3cc(C(F)F)ccc3OCC3CC3)ncnc2c1C(=O)N[C@H]1CC[C@H](NC(=O)CO)[C@H](F)C1. The van der Waals surface area contributed by atoms with Gasteiger partial charge < -0.3 is 25.5 Å². The summed E-state index contributed by atoms with van der Waals surface area (Å²) in [5, 5.41) is 14.2. The van der Waals surface area contributed by atoms with E-state index >= 15 is 0 Å². The van der Waals surface area contributed by atoms with E-state index in [4.69, 9.17) is 9.84 Å². The van der Waals surface area contributed by atoms with E-state index in [0.717, 1.165) is 12.8 Å². The summed E-state index contributed by atoms with van der Waals surface area (Å²) in [5.74, 6) is -0.227. The first-order valence-electron chi connectivity index (χ1n) is 13.0. The molecule has 3 atom stereocenters. The largest absolute Gasteiger partial charge is 0.493 e. The van der Waals surface area contributed by atoms with Crippen LogP contribution in [0.3, 0.4) is 0 Å². The number of carbonyl (C=O) groups is 2. The zero-order chi connectivity index (χ0) is 27.7. The van der Waals surface area contributed by atoms with E-state index in [9.17, 15) is 22.8 Å². The normalized spacial score (nSPS) is 21.2. The molecule has 1 aromatic carbocycles. The quantitative estimate of drug-likeness (QED) is 0.324. The van der Waals surface area contributed by atoms with Gasteiger partial charge in [-0.05, 0) is 56.7 Å². The molecule has 0 unspecified atom stereocenters. The van der Waals surface area contributed by atoms with Crippen molar-refractivity contribution < 1.29 is 32.6 Å². The number of amides is 2. The van der Waals surface area contributed by atoms with E-state index < -0.39 is 43.1 Å². The number of H-pyrrole nitrogens is 1. The van der Waals surface area contributed by atoms with Crippen LogP contribution < -0.4 is 15.4 Å². The van der Waals surface area contributed by atoms with Crippen LogP contribution in [0.5, 0.6) is 5.75 Å². The Morgan fingerprint density at radius 1 is 1.18 bits per heavy atom. The van der Waals surface area contributed by atoms with Gasteiger partial charge in [0, 0.05) is 29.3 Å². The van der Waals surface area contributed by atoms with Crippen LogP contribution in [0.2, 0.25) is 0 Å². The van der Waals surface area contributed by atoms with Crippen LogP contribution >= 0.6 is 0 Å². The number of nitrogens with one attached hydrogen (secondary N) is 3. The molecule has 2 saturated carbocycles. The van der Waals surface area contributed by atoms with Crippen molar-refractivity contribution in [3.8, 4) is 17.0 Å². The molecule has 2 heterocycles. The second-order valence-electron chi connectivity index (χ2n) is 10.2. The fourth-order valence-corrected chi connectivity index (χ4v) is 5.01. The molecule has 0 saturated heterocycles. The number of hydrogen-bond donors (Lipinski definition) is 4. The monoisotopic (exact) mass is 545 g/mol. The Morgan fingerprint density at radius 3 is 2.67 bits per heavy atom. The maximum atomic E-state index is 14.7. The fourth-order valence-electron chi connectivity index (χ4n) is 5.01. The number of alkyl halides is 3. The van der Waals surface area contributed by atoms with Gasteiger partial charge in [0.2, 0.25) is 5.91 Å². The summed E-state index contributed by atoms with van der Waals surface area (Å²) in [5.41, 5.74) is 1.99. The molecule has 4 N–H and O–H groups in total. The van der Waals surface area contributed by atoms with Gasteiger partial charge >= 0.3 is 0 Å². The molecule has 2 aromatic heterocycles. The molecule has 5 rings (SSSR count). The van der Waals surface area contributed by atoms with Crippen LogP contribution in [-0.4, -0.2) is 63.3 Å². The number of rotatable bonds is 9. The Morgan fingerprint density at radius 2 is 1.97 bits per heavy atom. The highest BCUT2D eigenvalue weighted by Gasteiger charge is 2.33. The predicted octanol–water partition coefficient (Wildman–Crippen LogP) is 3.76. The Hall–Kier alpha value is -3.67. The lowest BCUT2D eigenvalue weighted by molar-refractivity contribution is -0.125. The molecule has 39 heavy (non-hydrogen) atoms. The van der Waals surface area contributed by atoms with Crippen molar-refractivity contribution in [2.75, 3.05) is 13.2 Å². The first kappa shape index (κ1) is 26.9. The molecule has 12 heteroatoms. The van der Waals surface area contributed by atoms with Crippen LogP contribution in [0.15, 0.2) is 24.5 Å². The average Bonchev–Trinajstić information content (AvgIpc) is 3.68. The van der Waals surface area contributed by atoms with Gasteiger partial charge in [-0.2, -0.15) is 0 Å². The van der Waals surface area contributed by atoms with Crippen LogP contribution in [0.1, 0.15) is 60.1 Å². The molecule has 2 aliphatic rings. The van der Waals surface area contributed by atoms with Crippen LogP contribution in [0, 0.1) is 12.8 Å². The van der Waals surface area contributed by atoms with E-state index in [0.29, 0.717) is 59.1 Å². The predicted molar refractivity (Wildman–Crippen MR) is 136 cm³/mol. The molecule has 2 amide bonds. The van der Waals surface area contributed by atoms with Crippen LogP contribution in [-0.2, 0) is 4.79 Å². The number of aromatic nitrogens is 3. The molecule has 2 aliphatic carbocycles. The fraction of sp³-hybridized carbons (Fsp3) is 0.481. The molecule has 0 aliphatic heterocycles. The Labute approximate surface area is 222 Å². The first-order valence-corrected chi connectivity index (χ1v) is 13.0. The van der Waals surface area contributed by atoms with Gasteiger partial charge in [-0.1, -0.05) is 0 Å². The number of aliphatic hydroxyl groups excluding tert-OH is 1. The standard InChI is InChI=1S/C27H30F3N5O4/c1-13-22(27(38)34-16-5-6-19(18(28)9-16)35-21(37)10-36)24-25(33-13)23(31-12-32-24)17-8-15(26(29)30)4-7-20(17)39-11-14-2-3-14/h4,7-8,12,14,16,18-19,26,33,36H,2-3,5-6,9-11H2,1H3,(H,34,38)(H,35,37)/t16-,18+,19-/m0/s1. The third-order valence-electron chi connectivity index (χ3n) is 7.28. The van der Waals surface area contributed by atoms with Gasteiger partial charge in [0.15, 0.2) is 0 Å². The molecular weight excluding hydrogens is 515 g/mol. The summed E-state index contributed by atoms with van der Waals surface area (Å²) in [6.07, 6.45) is 0.0929. The van der Waals surface area contributed by atoms with Crippen LogP contribution in [0.25, 0.3) is 22.3 Å². The Kier molecular flexibility index (Phi) is 7.74. The zero-order valence-electron chi connectivity index (χ0n) is 21.3. The second-order valence-corrected chi connectivity index (χ2v) is 10.2. The van der Waals surface area contributed by atoms with Gasteiger partial charge in [-0.25, -0.2) is 23.1 Å². The minimum Gasteiger partial charge on any atom is -0.493 e. The Bertz CT molecular complexity index is 1380. The maximum absolute atomic E-state index is 14.7. The lowest BCUT2D eigenvalue weighted by Crippen LogP contribution is -2.50. The maximum Gasteiger partial charge on any atom is 0.263 e. The zero-order valence-corrected chi connectivity index (χ0v) is 21.3. The van der Waals surface area contributed by atoms with Gasteiger partial charge in [-0.15, -0.1) is 0 Å². The number of aryl methyl sites for hydroxylation is 1. The summed E-state index contributed by atoms with van der Waals surface area (Å²) in [6, 6.07) is 3.01. The lowest BCUT2D eigenvalue weighted by atomic mass is 9.89. The summed E-state index contributed by atoms with van der Waals surface area (Å²) in [6.45, 7) is 1.46. The van der Waals surface area contributed by atoms with E-state index in [2.05, 4.69) is 25.6 Å². The number of carbonyl (C=O) groups excluding carboxylic acids is 2. The van der Waals surface area contributed by atoms with Crippen molar-refractivity contribution in [2.45, 2.75) is 63.7 Å². The Balaban J connectivity index is 1.41. The van der Waals surface area contributed by atoms with Gasteiger partial charge in [0.05, 0.1) is 23.7 Å². The van der Waals surface area contributed by atoms with Crippen molar-refractivity contribution in [3.05, 3.63) is 41.3 Å². The van der Waals surface area contributed by atoms with Crippen molar-refractivity contribution in [1.29, 1.82) is 0 Å². The number of hydrogen-bond acceptors (Lipinski definition) is 6. The third kappa shape index (κ3) is 5.85. The number of ether oxygens (including phenoxy) is 1. The van der Waals surface area contributed by atoms with E-state index in [1.807, 2.05) is 0 Å². The minimum atomic E-state index is -2.68. The number of halogens is 3. The highest BCUT2D eigenvalue weighted by Crippen LogP contribution is 2.38. The number of aromatic amines is 1. The van der Waals surface area contributed by atoms with Crippen molar-refractivity contribution in [2.24, 2.45) is 5.92 Å². The van der Waals surface area contributed by atoms with Crippen molar-refractivity contribution in [1.82, 2.24) is 25.6 Å². The lowest BCUT2D eigenvalue weighted by Gasteiger charge is -2.32. The van der Waals surface area contributed by atoms with Crippen molar-refractivity contribution in [3.63, 3.8) is 0 Å². The van der Waals surface area contributed by atoms with Gasteiger partial charge in [0.1, 0.15) is 36.1 Å². The van der Waals surface area contributed by atoms with E-state index in [-0.39, 0.29) is 17.5 Å². The smallest absolute Gasteiger partial charge is 0.263 e. The van der Waals surface area contributed by atoms with Gasteiger partial charge in [-0.3, -0.25) is 9.59 Å². The first-order chi connectivity index (χ1) is 18.7. The number of fused-ring (bicyclic) bond motifs is 1. The molecule has 208 valence electrons. The highest BCUT2D eigenvalue weighted by molar-refractivity contribution is 6.09. The number of aliphatic hydroxyl groups is 1. The molecule has 0 radical (unpaired) electrons. The molecular formula is C27H30F3N5O4. The summed E-state index contributed by atoms with van der Waals surface area (Å²) in [7, 11) is 0. The molecule has 9 nitrogen and oxygen atoms in total. The molecule has 2 fully saturated rings. The number of benzene rings is 1. The minimum absolute atomic E-state index is 0.00582. The average molecular weight is 546 g/mol. The summed E-state index contributed by atoms with van der Waals surface area (Å²) >= 11 is 0. The van der Waals surface area contributed by atoms with Gasteiger partial charge in [0.25, 0.3) is 12.3 Å². The molecule has 0 bridgehead atoms.